The van der Waals surface area contributed by atoms with Crippen LogP contribution in [0.4, 0.5) is 18.9 Å². The molecule has 10 heteroatoms. The molecule has 134 valence electrons. The Morgan fingerprint density at radius 3 is 2.76 bits per heavy atom. The second kappa shape index (κ2) is 6.87. The number of amidine groups is 1. The van der Waals surface area contributed by atoms with Crippen molar-refractivity contribution in [1.29, 1.82) is 0 Å². The molecule has 1 unspecified atom stereocenters. The molecule has 25 heavy (non-hydrogen) atoms. The third kappa shape index (κ3) is 4.66. The maximum atomic E-state index is 12.7. The van der Waals surface area contributed by atoms with E-state index in [0.29, 0.717) is 5.17 Å². The van der Waals surface area contributed by atoms with Gasteiger partial charge in [-0.05, 0) is 31.0 Å². The van der Waals surface area contributed by atoms with Crippen LogP contribution in [-0.4, -0.2) is 28.3 Å². The van der Waals surface area contributed by atoms with Crippen molar-refractivity contribution in [3.63, 3.8) is 0 Å². The molecule has 1 aliphatic carbocycles. The fourth-order valence-corrected chi connectivity index (χ4v) is 3.34. The van der Waals surface area contributed by atoms with Crippen molar-refractivity contribution in [1.82, 2.24) is 5.32 Å². The summed E-state index contributed by atoms with van der Waals surface area (Å²) in [5.74, 6) is -0.934. The van der Waals surface area contributed by atoms with E-state index in [1.54, 1.807) is 0 Å². The molecule has 1 aromatic carbocycles. The highest BCUT2D eigenvalue weighted by Crippen LogP contribution is 2.34. The molecule has 2 N–H and O–H groups in total. The van der Waals surface area contributed by atoms with Crippen molar-refractivity contribution in [3.8, 4) is 0 Å². The molecule has 1 saturated carbocycles. The van der Waals surface area contributed by atoms with Crippen LogP contribution < -0.4 is 10.6 Å². The first-order valence-corrected chi connectivity index (χ1v) is 8.70. The number of amides is 2. The van der Waals surface area contributed by atoms with Gasteiger partial charge in [0.2, 0.25) is 11.8 Å². The van der Waals surface area contributed by atoms with Crippen LogP contribution >= 0.6 is 23.4 Å². The predicted octanol–water partition coefficient (Wildman–Crippen LogP) is 3.44. The van der Waals surface area contributed by atoms with Crippen LogP contribution in [0.2, 0.25) is 5.02 Å². The van der Waals surface area contributed by atoms with E-state index in [0.717, 1.165) is 42.8 Å². The molecule has 1 atom stereocenters. The molecule has 0 bridgehead atoms. The number of carbonyl (C=O) groups is 2. The summed E-state index contributed by atoms with van der Waals surface area (Å²) in [5.41, 5.74) is -1.06. The normalized spacial score (nSPS) is 22.2. The Hall–Kier alpha value is -1.74. The summed E-state index contributed by atoms with van der Waals surface area (Å²) < 4.78 is 38.2. The number of halogens is 4. The van der Waals surface area contributed by atoms with E-state index in [4.69, 9.17) is 11.6 Å². The molecule has 5 nitrogen and oxygen atoms in total. The quantitative estimate of drug-likeness (QED) is 0.826. The van der Waals surface area contributed by atoms with E-state index in [1.807, 2.05) is 0 Å². The summed E-state index contributed by atoms with van der Waals surface area (Å²) in [6, 6.07) is 2.90. The number of carbonyl (C=O) groups excluding carboxylic acids is 2. The number of anilines is 1. The molecule has 3 rings (SSSR count). The molecular formula is C15H13ClF3N3O2S. The number of nitrogens with one attached hydrogen (secondary N) is 2. The van der Waals surface area contributed by atoms with Crippen molar-refractivity contribution >= 4 is 46.0 Å². The first kappa shape index (κ1) is 18.1. The largest absolute Gasteiger partial charge is 0.416 e. The van der Waals surface area contributed by atoms with Crippen LogP contribution in [0.3, 0.4) is 0 Å². The minimum Gasteiger partial charge on any atom is -0.325 e. The van der Waals surface area contributed by atoms with Gasteiger partial charge in [0.15, 0.2) is 5.17 Å². The van der Waals surface area contributed by atoms with Gasteiger partial charge in [0, 0.05) is 6.42 Å². The Kier molecular flexibility index (Phi) is 4.97. The van der Waals surface area contributed by atoms with Crippen LogP contribution in [0, 0.1) is 0 Å². The molecule has 0 spiro atoms. The maximum absolute atomic E-state index is 12.7. The van der Waals surface area contributed by atoms with Crippen molar-refractivity contribution in [2.24, 2.45) is 4.99 Å². The zero-order valence-corrected chi connectivity index (χ0v) is 14.3. The van der Waals surface area contributed by atoms with Gasteiger partial charge in [-0.2, -0.15) is 13.2 Å². The summed E-state index contributed by atoms with van der Waals surface area (Å²) in [7, 11) is 0. The molecule has 0 radical (unpaired) electrons. The van der Waals surface area contributed by atoms with Crippen molar-refractivity contribution in [2.75, 3.05) is 5.32 Å². The van der Waals surface area contributed by atoms with Gasteiger partial charge in [-0.25, -0.2) is 0 Å². The Morgan fingerprint density at radius 1 is 1.40 bits per heavy atom. The third-order valence-electron chi connectivity index (χ3n) is 3.56. The van der Waals surface area contributed by atoms with E-state index < -0.39 is 22.9 Å². The van der Waals surface area contributed by atoms with Gasteiger partial charge in [-0.1, -0.05) is 23.4 Å². The monoisotopic (exact) mass is 391 g/mol. The van der Waals surface area contributed by atoms with E-state index >= 15 is 0 Å². The first-order valence-electron chi connectivity index (χ1n) is 7.44. The minimum absolute atomic E-state index is 0.0131. The molecule has 1 saturated heterocycles. The molecule has 1 aromatic rings. The lowest BCUT2D eigenvalue weighted by molar-refractivity contribution is -0.137. The second-order valence-corrected chi connectivity index (χ2v) is 7.30. The van der Waals surface area contributed by atoms with Crippen molar-refractivity contribution < 1.29 is 22.8 Å². The molecule has 2 amide bonds. The maximum Gasteiger partial charge on any atom is 0.416 e. The molecule has 2 fully saturated rings. The van der Waals surface area contributed by atoms with E-state index in [1.165, 1.54) is 0 Å². The summed E-state index contributed by atoms with van der Waals surface area (Å²) >= 11 is 6.99. The number of benzene rings is 1. The fourth-order valence-electron chi connectivity index (χ4n) is 2.14. The standard InChI is InChI=1S/C15H13ClF3N3O2S/c16-9-4-1-7(15(17,18)19)5-10(9)21-12(23)6-11-13(24)22-14(25-11)20-8-2-3-8/h1,4-5,8,11H,2-3,6H2,(H,21,23)(H,20,22,24). The van der Waals surface area contributed by atoms with Gasteiger partial charge < -0.3 is 10.6 Å². The smallest absolute Gasteiger partial charge is 0.325 e. The third-order valence-corrected chi connectivity index (χ3v) is 4.99. The minimum atomic E-state index is -4.54. The predicted molar refractivity (Wildman–Crippen MR) is 89.7 cm³/mol. The van der Waals surface area contributed by atoms with Crippen molar-refractivity contribution in [3.05, 3.63) is 28.8 Å². The zero-order valence-electron chi connectivity index (χ0n) is 12.7. The Bertz CT molecular complexity index is 750. The average molecular weight is 392 g/mol. The van der Waals surface area contributed by atoms with Crippen LogP contribution in [0.1, 0.15) is 24.8 Å². The Labute approximate surface area is 150 Å². The highest BCUT2D eigenvalue weighted by molar-refractivity contribution is 8.15. The van der Waals surface area contributed by atoms with Crippen LogP contribution in [0.5, 0.6) is 0 Å². The van der Waals surface area contributed by atoms with Crippen LogP contribution in [0.15, 0.2) is 23.2 Å². The molecule has 0 aromatic heterocycles. The number of nitrogens with zero attached hydrogens (tertiary/aromatic N) is 1. The van der Waals surface area contributed by atoms with Gasteiger partial charge >= 0.3 is 6.18 Å². The van der Waals surface area contributed by atoms with Crippen LogP contribution in [0.25, 0.3) is 0 Å². The topological polar surface area (TPSA) is 70.6 Å². The SMILES string of the molecule is O=C(CC1SC(=NC2CC2)NC1=O)Nc1cc(C(F)(F)F)ccc1Cl. The summed E-state index contributed by atoms with van der Waals surface area (Å²) in [6.07, 6.45) is -2.76. The summed E-state index contributed by atoms with van der Waals surface area (Å²) in [4.78, 5) is 28.2. The Morgan fingerprint density at radius 2 is 2.12 bits per heavy atom. The molecule has 1 aliphatic heterocycles. The first-order chi connectivity index (χ1) is 11.7. The lowest BCUT2D eigenvalue weighted by atomic mass is 10.2. The lowest BCUT2D eigenvalue weighted by Crippen LogP contribution is -2.28. The molecular weight excluding hydrogens is 379 g/mol. The number of rotatable bonds is 4. The molecule has 1 heterocycles. The Balaban J connectivity index is 1.64. The average Bonchev–Trinajstić information content (AvgIpc) is 3.24. The number of alkyl halides is 3. The number of hydrogen-bond donors (Lipinski definition) is 2. The second-order valence-electron chi connectivity index (χ2n) is 5.71. The summed E-state index contributed by atoms with van der Waals surface area (Å²) in [5, 5.41) is 4.75. The zero-order chi connectivity index (χ0) is 18.2. The fraction of sp³-hybridized carbons (Fsp3) is 0.400. The summed E-state index contributed by atoms with van der Waals surface area (Å²) in [6.45, 7) is 0. The number of hydrogen-bond acceptors (Lipinski definition) is 4. The van der Waals surface area contributed by atoms with Gasteiger partial charge in [-0.15, -0.1) is 0 Å². The van der Waals surface area contributed by atoms with Crippen molar-refractivity contribution in [2.45, 2.75) is 36.7 Å². The van der Waals surface area contributed by atoms with E-state index in [2.05, 4.69) is 15.6 Å². The molecule has 2 aliphatic rings. The highest BCUT2D eigenvalue weighted by atomic mass is 35.5. The lowest BCUT2D eigenvalue weighted by Gasteiger charge is -2.12. The number of aliphatic imine (C=N–C) groups is 1. The van der Waals surface area contributed by atoms with Crippen LogP contribution in [-0.2, 0) is 15.8 Å². The van der Waals surface area contributed by atoms with Gasteiger partial charge in [0.25, 0.3) is 0 Å². The van der Waals surface area contributed by atoms with Gasteiger partial charge in [-0.3, -0.25) is 14.6 Å². The van der Waals surface area contributed by atoms with Gasteiger partial charge in [0.1, 0.15) is 5.25 Å². The van der Waals surface area contributed by atoms with Gasteiger partial charge in [0.05, 0.1) is 22.3 Å². The van der Waals surface area contributed by atoms with E-state index in [9.17, 15) is 22.8 Å². The highest BCUT2D eigenvalue weighted by Gasteiger charge is 2.34. The van der Waals surface area contributed by atoms with E-state index in [-0.39, 0.29) is 29.1 Å². The number of thioether (sulfide) groups is 1.